The highest BCUT2D eigenvalue weighted by Gasteiger charge is 2.12. The Hall–Kier alpha value is -3.15. The van der Waals surface area contributed by atoms with Crippen molar-refractivity contribution < 1.29 is 19.2 Å². The van der Waals surface area contributed by atoms with Crippen molar-refractivity contribution in [2.45, 2.75) is 20.0 Å². The number of carbonyl (C=O) groups is 1. The summed E-state index contributed by atoms with van der Waals surface area (Å²) in [6.07, 6.45) is 0.963. The summed E-state index contributed by atoms with van der Waals surface area (Å²) in [6.45, 7) is 1.98. The predicted molar refractivity (Wildman–Crippen MR) is 86.3 cm³/mol. The quantitative estimate of drug-likeness (QED) is 0.724. The smallest absolute Gasteiger partial charge is 0.338 e. The van der Waals surface area contributed by atoms with Crippen LogP contribution in [0.4, 0.5) is 0 Å². The molecule has 0 fully saturated rings. The van der Waals surface area contributed by atoms with Crippen LogP contribution in [0.15, 0.2) is 53.1 Å². The van der Waals surface area contributed by atoms with Gasteiger partial charge in [-0.1, -0.05) is 36.3 Å². The standard InChI is InChI=1S/C18H16N2O4/c1-2-12-3-5-13(6-4-12)17-19-16(24-20-17)11-23-18(22)14-7-9-15(21)10-8-14/h3-10,21H,2,11H2,1H3. The molecule has 0 saturated carbocycles. The van der Waals surface area contributed by atoms with Crippen molar-refractivity contribution in [3.8, 4) is 17.1 Å². The number of hydrogen-bond donors (Lipinski definition) is 1. The maximum Gasteiger partial charge on any atom is 0.338 e. The Morgan fingerprint density at radius 3 is 2.50 bits per heavy atom. The summed E-state index contributed by atoms with van der Waals surface area (Å²) >= 11 is 0. The molecule has 0 radical (unpaired) electrons. The third-order valence-corrected chi connectivity index (χ3v) is 3.52. The normalized spacial score (nSPS) is 10.5. The first-order chi connectivity index (χ1) is 11.7. The lowest BCUT2D eigenvalue weighted by atomic mass is 10.1. The molecular weight excluding hydrogens is 308 g/mol. The van der Waals surface area contributed by atoms with E-state index in [9.17, 15) is 9.90 Å². The molecule has 0 amide bonds. The minimum Gasteiger partial charge on any atom is -0.508 e. The summed E-state index contributed by atoms with van der Waals surface area (Å²) < 4.78 is 10.2. The summed E-state index contributed by atoms with van der Waals surface area (Å²) in [6, 6.07) is 13.7. The Balaban J connectivity index is 1.63. The van der Waals surface area contributed by atoms with Crippen molar-refractivity contribution >= 4 is 5.97 Å². The zero-order valence-corrected chi connectivity index (χ0v) is 13.1. The van der Waals surface area contributed by atoms with E-state index in [4.69, 9.17) is 9.26 Å². The molecule has 0 bridgehead atoms. The van der Waals surface area contributed by atoms with E-state index >= 15 is 0 Å². The van der Waals surface area contributed by atoms with Gasteiger partial charge in [0.2, 0.25) is 5.82 Å². The topological polar surface area (TPSA) is 85.5 Å². The summed E-state index contributed by atoms with van der Waals surface area (Å²) in [5, 5.41) is 13.1. The second-order valence-corrected chi connectivity index (χ2v) is 5.19. The Kier molecular flexibility index (Phi) is 4.56. The van der Waals surface area contributed by atoms with Crippen LogP contribution in [-0.2, 0) is 17.8 Å². The molecule has 122 valence electrons. The fourth-order valence-electron chi connectivity index (χ4n) is 2.13. The van der Waals surface area contributed by atoms with Crippen molar-refractivity contribution in [3.05, 3.63) is 65.5 Å². The van der Waals surface area contributed by atoms with Gasteiger partial charge in [0.25, 0.3) is 5.89 Å². The number of benzene rings is 2. The van der Waals surface area contributed by atoms with Gasteiger partial charge in [-0.15, -0.1) is 0 Å². The summed E-state index contributed by atoms with van der Waals surface area (Å²) in [7, 11) is 0. The van der Waals surface area contributed by atoms with Crippen LogP contribution < -0.4 is 0 Å². The number of nitrogens with zero attached hydrogens (tertiary/aromatic N) is 2. The molecule has 0 aliphatic carbocycles. The zero-order chi connectivity index (χ0) is 16.9. The highest BCUT2D eigenvalue weighted by atomic mass is 16.6. The number of aryl methyl sites for hydroxylation is 1. The maximum absolute atomic E-state index is 11.9. The van der Waals surface area contributed by atoms with Gasteiger partial charge in [-0.25, -0.2) is 4.79 Å². The summed E-state index contributed by atoms with van der Waals surface area (Å²) in [5.41, 5.74) is 2.40. The van der Waals surface area contributed by atoms with Gasteiger partial charge in [0, 0.05) is 5.56 Å². The number of phenolic OH excluding ortho intramolecular Hbond substituents is 1. The molecule has 6 nitrogen and oxygen atoms in total. The van der Waals surface area contributed by atoms with Crippen LogP contribution in [-0.4, -0.2) is 21.2 Å². The highest BCUT2D eigenvalue weighted by molar-refractivity contribution is 5.89. The third-order valence-electron chi connectivity index (χ3n) is 3.52. The number of ether oxygens (including phenoxy) is 1. The average molecular weight is 324 g/mol. The largest absolute Gasteiger partial charge is 0.508 e. The van der Waals surface area contributed by atoms with E-state index in [0.29, 0.717) is 11.4 Å². The molecule has 2 aromatic carbocycles. The molecule has 1 heterocycles. The van der Waals surface area contributed by atoms with E-state index in [1.54, 1.807) is 0 Å². The Morgan fingerprint density at radius 1 is 1.12 bits per heavy atom. The lowest BCUT2D eigenvalue weighted by Gasteiger charge is -2.01. The molecule has 1 N–H and O–H groups in total. The Bertz CT molecular complexity index is 823. The van der Waals surface area contributed by atoms with Gasteiger partial charge in [-0.05, 0) is 36.2 Å². The molecule has 1 aromatic heterocycles. The van der Waals surface area contributed by atoms with Crippen LogP contribution in [0.1, 0.15) is 28.7 Å². The fraction of sp³-hybridized carbons (Fsp3) is 0.167. The predicted octanol–water partition coefficient (Wildman–Crippen LogP) is 3.36. The molecule has 0 saturated heterocycles. The van der Waals surface area contributed by atoms with Crippen LogP contribution in [0.2, 0.25) is 0 Å². The van der Waals surface area contributed by atoms with Gasteiger partial charge in [0.15, 0.2) is 6.61 Å². The second-order valence-electron chi connectivity index (χ2n) is 5.19. The number of carbonyl (C=O) groups excluding carboxylic acids is 1. The van der Waals surface area contributed by atoms with E-state index in [1.165, 1.54) is 29.8 Å². The molecule has 0 spiro atoms. The summed E-state index contributed by atoms with van der Waals surface area (Å²) in [5.74, 6) is 0.231. The molecule has 3 rings (SSSR count). The Morgan fingerprint density at radius 2 is 1.83 bits per heavy atom. The molecule has 0 atom stereocenters. The van der Waals surface area contributed by atoms with E-state index in [-0.39, 0.29) is 18.2 Å². The number of aromatic hydroxyl groups is 1. The maximum atomic E-state index is 11.9. The number of hydrogen-bond acceptors (Lipinski definition) is 6. The summed E-state index contributed by atoms with van der Waals surface area (Å²) in [4.78, 5) is 16.1. The molecular formula is C18H16N2O4. The monoisotopic (exact) mass is 324 g/mol. The van der Waals surface area contributed by atoms with Gasteiger partial charge < -0.3 is 14.4 Å². The van der Waals surface area contributed by atoms with Crippen LogP contribution in [0.25, 0.3) is 11.4 Å². The first-order valence-corrected chi connectivity index (χ1v) is 7.53. The first kappa shape index (κ1) is 15.7. The van der Waals surface area contributed by atoms with Crippen LogP contribution in [0, 0.1) is 0 Å². The van der Waals surface area contributed by atoms with Crippen LogP contribution in [0.5, 0.6) is 5.75 Å². The highest BCUT2D eigenvalue weighted by Crippen LogP contribution is 2.17. The van der Waals surface area contributed by atoms with Crippen molar-refractivity contribution in [2.24, 2.45) is 0 Å². The second kappa shape index (κ2) is 6.95. The lowest BCUT2D eigenvalue weighted by Crippen LogP contribution is -2.05. The minimum absolute atomic E-state index is 0.0854. The van der Waals surface area contributed by atoms with Gasteiger partial charge in [-0.3, -0.25) is 0 Å². The van der Waals surface area contributed by atoms with Gasteiger partial charge >= 0.3 is 5.97 Å². The van der Waals surface area contributed by atoms with E-state index in [2.05, 4.69) is 17.1 Å². The van der Waals surface area contributed by atoms with E-state index in [0.717, 1.165) is 12.0 Å². The van der Waals surface area contributed by atoms with Crippen molar-refractivity contribution in [2.75, 3.05) is 0 Å². The average Bonchev–Trinajstić information content (AvgIpc) is 3.09. The number of esters is 1. The van der Waals surface area contributed by atoms with E-state index < -0.39 is 5.97 Å². The van der Waals surface area contributed by atoms with E-state index in [1.807, 2.05) is 24.3 Å². The van der Waals surface area contributed by atoms with Crippen molar-refractivity contribution in [1.82, 2.24) is 10.1 Å². The number of rotatable bonds is 5. The third kappa shape index (κ3) is 3.60. The molecule has 3 aromatic rings. The molecule has 24 heavy (non-hydrogen) atoms. The molecule has 0 aliphatic rings. The fourth-order valence-corrected chi connectivity index (χ4v) is 2.13. The van der Waals surface area contributed by atoms with Crippen LogP contribution >= 0.6 is 0 Å². The van der Waals surface area contributed by atoms with Gasteiger partial charge in [0.1, 0.15) is 5.75 Å². The van der Waals surface area contributed by atoms with Crippen molar-refractivity contribution in [3.63, 3.8) is 0 Å². The minimum atomic E-state index is -0.526. The lowest BCUT2D eigenvalue weighted by molar-refractivity contribution is 0.0430. The Labute approximate surface area is 138 Å². The first-order valence-electron chi connectivity index (χ1n) is 7.53. The van der Waals surface area contributed by atoms with Crippen molar-refractivity contribution in [1.29, 1.82) is 0 Å². The van der Waals surface area contributed by atoms with Gasteiger partial charge in [0.05, 0.1) is 5.56 Å². The van der Waals surface area contributed by atoms with Crippen LogP contribution in [0.3, 0.4) is 0 Å². The van der Waals surface area contributed by atoms with Gasteiger partial charge in [-0.2, -0.15) is 4.98 Å². The molecule has 0 unspecified atom stereocenters. The molecule has 0 aliphatic heterocycles. The number of aromatic nitrogens is 2. The molecule has 6 heteroatoms. The number of phenols is 1. The zero-order valence-electron chi connectivity index (χ0n) is 13.1. The SMILES string of the molecule is CCc1ccc(-c2noc(COC(=O)c3ccc(O)cc3)n2)cc1.